The molecule has 104 valence electrons. The molecule has 0 amide bonds. The van der Waals surface area contributed by atoms with Crippen LogP contribution >= 0.6 is 0 Å². The number of benzene rings is 1. The Morgan fingerprint density at radius 1 is 1.11 bits per heavy atom. The monoisotopic (exact) mass is 333 g/mol. The van der Waals surface area contributed by atoms with E-state index >= 15 is 0 Å². The van der Waals surface area contributed by atoms with Crippen LogP contribution in [0.5, 0.6) is 0 Å². The second kappa shape index (κ2) is 9.69. The van der Waals surface area contributed by atoms with E-state index in [1.807, 2.05) is 30.3 Å². The van der Waals surface area contributed by atoms with Gasteiger partial charge in [-0.1, -0.05) is 37.2 Å². The van der Waals surface area contributed by atoms with Gasteiger partial charge >= 0.3 is 0 Å². The molecule has 0 aliphatic rings. The molecular weight excluding hydrogens is 315 g/mol. The van der Waals surface area contributed by atoms with Gasteiger partial charge in [-0.15, -0.1) is 5.52 Å². The molecule has 0 bridgehead atoms. The summed E-state index contributed by atoms with van der Waals surface area (Å²) >= 11 is 0. The van der Waals surface area contributed by atoms with Gasteiger partial charge in [-0.25, -0.2) is 0 Å². The normalized spacial score (nSPS) is 9.00. The standard InChI is InChI=1S/C9H9BNO.C4H9.2Co/c1-10(12)9-6-7-4-2-3-5-8(7)11-9;1-4(2)3;;/h2-6,12H,1H3;1-3H3;;/q2*-1;;. The van der Waals surface area contributed by atoms with E-state index in [0.29, 0.717) is 0 Å². The molecular formula is C13H18BCo2NO-2. The van der Waals surface area contributed by atoms with Crippen molar-refractivity contribution >= 4 is 23.4 Å². The molecule has 2 nitrogen and oxygen atoms in total. The topological polar surface area (TPSA) is 34.3 Å². The van der Waals surface area contributed by atoms with E-state index in [-0.39, 0.29) is 33.6 Å². The zero-order chi connectivity index (χ0) is 12.1. The molecule has 5 heteroatoms. The fraction of sp³-hybridized carbons (Fsp3) is 0.308. The first-order valence-corrected chi connectivity index (χ1v) is 5.48. The molecule has 0 saturated carbocycles. The van der Waals surface area contributed by atoms with Gasteiger partial charge in [0, 0.05) is 33.6 Å². The van der Waals surface area contributed by atoms with Gasteiger partial charge in [0.2, 0.25) is 0 Å². The summed E-state index contributed by atoms with van der Waals surface area (Å²) in [6, 6.07) is 9.77. The van der Waals surface area contributed by atoms with Gasteiger partial charge in [-0.05, 0) is 5.39 Å². The van der Waals surface area contributed by atoms with Crippen LogP contribution in [0.15, 0.2) is 30.3 Å². The molecule has 0 spiro atoms. The molecule has 0 saturated heterocycles. The van der Waals surface area contributed by atoms with Crippen molar-refractivity contribution < 1.29 is 38.6 Å². The van der Waals surface area contributed by atoms with E-state index in [0.717, 1.165) is 16.5 Å². The average molecular weight is 333 g/mol. The van der Waals surface area contributed by atoms with E-state index in [2.05, 4.69) is 25.8 Å². The minimum absolute atomic E-state index is 0. The van der Waals surface area contributed by atoms with Crippen molar-refractivity contribution in [2.45, 2.75) is 27.6 Å². The van der Waals surface area contributed by atoms with Gasteiger partial charge in [-0.2, -0.15) is 26.4 Å². The predicted molar refractivity (Wildman–Crippen MR) is 71.0 cm³/mol. The second-order valence-electron chi connectivity index (χ2n) is 4.42. The SMILES string of the molecule is CB(O)c1cc2ccccc2[n-]1.C[C-](C)C.[Co].[Co]. The van der Waals surface area contributed by atoms with Gasteiger partial charge in [0.05, 0.1) is 0 Å². The Labute approximate surface area is 130 Å². The van der Waals surface area contributed by atoms with Crippen LogP contribution in [0.25, 0.3) is 10.9 Å². The van der Waals surface area contributed by atoms with Crippen LogP contribution in [0.3, 0.4) is 0 Å². The van der Waals surface area contributed by atoms with Crippen LogP contribution in [0.1, 0.15) is 20.8 Å². The van der Waals surface area contributed by atoms with Crippen molar-refractivity contribution in [3.05, 3.63) is 36.2 Å². The zero-order valence-electron chi connectivity index (χ0n) is 11.0. The van der Waals surface area contributed by atoms with Gasteiger partial charge in [0.25, 0.3) is 6.92 Å². The maximum atomic E-state index is 9.26. The van der Waals surface area contributed by atoms with Crippen LogP contribution in [0.4, 0.5) is 0 Å². The number of hydrogen-bond donors (Lipinski definition) is 1. The van der Waals surface area contributed by atoms with Gasteiger partial charge in [0.15, 0.2) is 0 Å². The third-order valence-corrected chi connectivity index (χ3v) is 1.92. The molecule has 0 aliphatic carbocycles. The molecule has 0 unspecified atom stereocenters. The van der Waals surface area contributed by atoms with E-state index in [4.69, 9.17) is 0 Å². The number of aromatic nitrogens is 1. The first kappa shape index (κ1) is 20.1. The smallest absolute Gasteiger partial charge is 0.297 e. The molecule has 18 heavy (non-hydrogen) atoms. The maximum absolute atomic E-state index is 9.26. The van der Waals surface area contributed by atoms with E-state index in [9.17, 15) is 5.02 Å². The maximum Gasteiger partial charge on any atom is 0.297 e. The Kier molecular flexibility index (Phi) is 10.8. The van der Waals surface area contributed by atoms with Crippen molar-refractivity contribution in [3.63, 3.8) is 0 Å². The van der Waals surface area contributed by atoms with Crippen LogP contribution in [-0.2, 0) is 33.6 Å². The van der Waals surface area contributed by atoms with Crippen LogP contribution in [-0.4, -0.2) is 11.9 Å². The van der Waals surface area contributed by atoms with Crippen molar-refractivity contribution in [2.24, 2.45) is 0 Å². The summed E-state index contributed by atoms with van der Waals surface area (Å²) in [5.74, 6) is 1.42. The van der Waals surface area contributed by atoms with Crippen LogP contribution in [0, 0.1) is 5.92 Å². The number of rotatable bonds is 1. The van der Waals surface area contributed by atoms with E-state index in [1.165, 1.54) is 5.92 Å². The Morgan fingerprint density at radius 2 is 1.61 bits per heavy atom. The predicted octanol–water partition coefficient (Wildman–Crippen LogP) is 2.23. The Hall–Kier alpha value is -0.202. The Morgan fingerprint density at radius 3 is 2.06 bits per heavy atom. The molecule has 0 aliphatic heterocycles. The molecule has 0 fully saturated rings. The molecule has 0 atom stereocenters. The fourth-order valence-electron chi connectivity index (χ4n) is 1.26. The first-order chi connectivity index (χ1) is 7.50. The van der Waals surface area contributed by atoms with E-state index in [1.54, 1.807) is 6.82 Å². The zero-order valence-corrected chi connectivity index (χ0v) is 13.1. The summed E-state index contributed by atoms with van der Waals surface area (Å²) in [5.41, 5.74) is 1.70. The van der Waals surface area contributed by atoms with Crippen LogP contribution < -0.4 is 10.6 Å². The van der Waals surface area contributed by atoms with E-state index < -0.39 is 6.92 Å². The summed E-state index contributed by atoms with van der Waals surface area (Å²) in [7, 11) is 0. The summed E-state index contributed by atoms with van der Waals surface area (Å²) in [6.45, 7) is 7.50. The quantitative estimate of drug-likeness (QED) is 0.642. The van der Waals surface area contributed by atoms with Crippen molar-refractivity contribution in [1.82, 2.24) is 4.98 Å². The minimum Gasteiger partial charge on any atom is -0.666 e. The molecule has 2 rings (SSSR count). The number of nitrogens with zero attached hydrogens (tertiary/aromatic N) is 1. The summed E-state index contributed by atoms with van der Waals surface area (Å²) in [6.07, 6.45) is 0. The summed E-state index contributed by atoms with van der Waals surface area (Å²) < 4.78 is 0. The molecule has 1 aromatic heterocycles. The number of para-hydroxylation sites is 1. The second-order valence-corrected chi connectivity index (χ2v) is 4.42. The van der Waals surface area contributed by atoms with Gasteiger partial charge in [0.1, 0.15) is 0 Å². The molecule has 1 N–H and O–H groups in total. The largest absolute Gasteiger partial charge is 0.666 e. The van der Waals surface area contributed by atoms with Crippen LogP contribution in [0.2, 0.25) is 6.82 Å². The number of hydrogen-bond acceptors (Lipinski definition) is 1. The fourth-order valence-corrected chi connectivity index (χ4v) is 1.26. The Balaban J connectivity index is 0. The van der Waals surface area contributed by atoms with Gasteiger partial charge in [-0.3, -0.25) is 0 Å². The average Bonchev–Trinajstić information content (AvgIpc) is 2.59. The molecule has 2 radical (unpaired) electrons. The van der Waals surface area contributed by atoms with Crippen molar-refractivity contribution in [3.8, 4) is 0 Å². The summed E-state index contributed by atoms with van der Waals surface area (Å²) in [4.78, 5) is 4.26. The Bertz CT molecular complexity index is 407. The third-order valence-electron chi connectivity index (χ3n) is 1.92. The molecule has 1 heterocycles. The van der Waals surface area contributed by atoms with Crippen molar-refractivity contribution in [2.75, 3.05) is 0 Å². The third kappa shape index (κ3) is 6.66. The van der Waals surface area contributed by atoms with Gasteiger partial charge < -0.3 is 15.9 Å². The van der Waals surface area contributed by atoms with Crippen molar-refractivity contribution in [1.29, 1.82) is 0 Å². The molecule has 2 aromatic rings. The summed E-state index contributed by atoms with van der Waals surface area (Å²) in [5, 5.41) is 10.4. The minimum atomic E-state index is -0.475. The first-order valence-electron chi connectivity index (χ1n) is 5.48. The molecule has 1 aromatic carbocycles. The number of fused-ring (bicyclic) bond motifs is 1.